The first-order valence-corrected chi connectivity index (χ1v) is 10.5. The molecule has 0 spiro atoms. The zero-order valence-corrected chi connectivity index (χ0v) is 17.5. The van der Waals surface area contributed by atoms with Crippen LogP contribution in [0.1, 0.15) is 18.6 Å². The van der Waals surface area contributed by atoms with Crippen LogP contribution in [0, 0.1) is 12.8 Å². The number of hydrogen-bond donors (Lipinski definition) is 2. The highest BCUT2D eigenvalue weighted by Crippen LogP contribution is 2.34. The largest absolute Gasteiger partial charge is 0.472 e. The molecule has 1 unspecified atom stereocenters. The highest BCUT2D eigenvalue weighted by molar-refractivity contribution is 5.93. The molecule has 0 bridgehead atoms. The first-order valence-electron chi connectivity index (χ1n) is 10.5. The number of nitrogens with zero attached hydrogens (tertiary/aromatic N) is 4. The van der Waals surface area contributed by atoms with E-state index in [1.165, 1.54) is 4.90 Å². The summed E-state index contributed by atoms with van der Waals surface area (Å²) in [5.74, 6) is 1.51. The summed E-state index contributed by atoms with van der Waals surface area (Å²) in [6, 6.07) is 5.58. The van der Waals surface area contributed by atoms with E-state index in [0.717, 1.165) is 23.9 Å². The van der Waals surface area contributed by atoms with Crippen molar-refractivity contribution in [1.82, 2.24) is 19.7 Å². The zero-order chi connectivity index (χ0) is 22.2. The molecule has 4 heterocycles. The number of anilines is 1. The monoisotopic (exact) mass is 441 g/mol. The molecule has 1 saturated heterocycles. The first kappa shape index (κ1) is 20.3. The highest BCUT2D eigenvalue weighted by Gasteiger charge is 2.30. The predicted molar refractivity (Wildman–Crippen MR) is 112 cm³/mol. The summed E-state index contributed by atoms with van der Waals surface area (Å²) in [5, 5.41) is 20.4. The van der Waals surface area contributed by atoms with E-state index in [2.05, 4.69) is 15.6 Å². The van der Waals surface area contributed by atoms with Gasteiger partial charge in [-0.25, -0.2) is 9.31 Å². The van der Waals surface area contributed by atoms with Crippen molar-refractivity contribution in [3.05, 3.63) is 30.2 Å². The van der Waals surface area contributed by atoms with Gasteiger partial charge in [0.1, 0.15) is 18.5 Å². The van der Waals surface area contributed by atoms with Crippen LogP contribution in [0.4, 0.5) is 10.6 Å². The van der Waals surface area contributed by atoms with E-state index in [9.17, 15) is 14.7 Å². The molecule has 11 heteroatoms. The summed E-state index contributed by atoms with van der Waals surface area (Å²) in [7, 11) is 0. The van der Waals surface area contributed by atoms with Crippen molar-refractivity contribution in [3.8, 4) is 17.0 Å². The van der Waals surface area contributed by atoms with Gasteiger partial charge in [-0.15, -0.1) is 0 Å². The lowest BCUT2D eigenvalue weighted by atomic mass is 10.1. The molecule has 1 aliphatic heterocycles. The van der Waals surface area contributed by atoms with Crippen LogP contribution in [0.3, 0.4) is 0 Å². The fraction of sp³-hybridized carbons (Fsp3) is 0.429. The summed E-state index contributed by atoms with van der Waals surface area (Å²) in [6.07, 6.45) is 2.29. The molecule has 1 saturated carbocycles. The fourth-order valence-corrected chi connectivity index (χ4v) is 3.73. The lowest BCUT2D eigenvalue weighted by Crippen LogP contribution is -2.47. The minimum Gasteiger partial charge on any atom is -0.472 e. The van der Waals surface area contributed by atoms with E-state index in [-0.39, 0.29) is 31.1 Å². The standard InChI is InChI=1S/C21H23N5O6/c1-12-18(20(24-32-12)31-11-16-10-25(21(28)29)6-7-30-16)14-4-5-26-15(8-14)9-17(23-26)22-19(27)13-2-3-13/h4-5,8-9,13,16H,2-3,6-7,10-11H2,1H3,(H,28,29)(H,22,23,27). The minimum absolute atomic E-state index is 0.00518. The number of aryl methyl sites for hydroxylation is 1. The summed E-state index contributed by atoms with van der Waals surface area (Å²) >= 11 is 0. The third-order valence-electron chi connectivity index (χ3n) is 5.60. The molecule has 2 fully saturated rings. The van der Waals surface area contributed by atoms with Gasteiger partial charge in [0.15, 0.2) is 5.82 Å². The Morgan fingerprint density at radius 2 is 2.19 bits per heavy atom. The van der Waals surface area contributed by atoms with Gasteiger partial charge in [0.25, 0.3) is 5.88 Å². The van der Waals surface area contributed by atoms with Gasteiger partial charge in [-0.05, 0) is 42.6 Å². The van der Waals surface area contributed by atoms with E-state index < -0.39 is 6.09 Å². The number of morpholine rings is 1. The van der Waals surface area contributed by atoms with Gasteiger partial charge in [0, 0.05) is 24.7 Å². The lowest BCUT2D eigenvalue weighted by Gasteiger charge is -2.30. The summed E-state index contributed by atoms with van der Waals surface area (Å²) in [5.41, 5.74) is 2.32. The Labute approximate surface area is 182 Å². The molecule has 5 rings (SSSR count). The van der Waals surface area contributed by atoms with Gasteiger partial charge < -0.3 is 29.3 Å². The maximum atomic E-state index is 12.0. The number of ether oxygens (including phenoxy) is 2. The van der Waals surface area contributed by atoms with Crippen molar-refractivity contribution in [2.75, 3.05) is 31.6 Å². The first-order chi connectivity index (χ1) is 15.5. The SMILES string of the molecule is Cc1onc(OCC2CN(C(=O)O)CCO2)c1-c1ccn2nc(NC(=O)C3CC3)cc2c1. The maximum absolute atomic E-state index is 12.0. The molecular weight excluding hydrogens is 418 g/mol. The molecule has 2 N–H and O–H groups in total. The van der Waals surface area contributed by atoms with E-state index >= 15 is 0 Å². The van der Waals surface area contributed by atoms with Crippen LogP contribution in [-0.2, 0) is 9.53 Å². The fourth-order valence-electron chi connectivity index (χ4n) is 3.73. The molecule has 3 aromatic rings. The Morgan fingerprint density at radius 3 is 2.97 bits per heavy atom. The Morgan fingerprint density at radius 1 is 1.34 bits per heavy atom. The van der Waals surface area contributed by atoms with E-state index in [1.807, 2.05) is 18.2 Å². The number of amides is 2. The molecule has 0 aromatic carbocycles. The molecule has 11 nitrogen and oxygen atoms in total. The Kier molecular flexibility index (Phi) is 5.17. The zero-order valence-electron chi connectivity index (χ0n) is 17.5. The average molecular weight is 441 g/mol. The van der Waals surface area contributed by atoms with Crippen LogP contribution >= 0.6 is 0 Å². The van der Waals surface area contributed by atoms with Gasteiger partial charge >= 0.3 is 6.09 Å². The predicted octanol–water partition coefficient (Wildman–Crippen LogP) is 2.40. The second kappa shape index (κ2) is 8.15. The number of rotatable bonds is 6. The molecule has 168 valence electrons. The number of nitrogens with one attached hydrogen (secondary N) is 1. The van der Waals surface area contributed by atoms with Crippen LogP contribution in [0.25, 0.3) is 16.6 Å². The number of carbonyl (C=O) groups is 2. The summed E-state index contributed by atoms with van der Waals surface area (Å²) < 4.78 is 18.5. The summed E-state index contributed by atoms with van der Waals surface area (Å²) in [4.78, 5) is 24.5. The van der Waals surface area contributed by atoms with Gasteiger partial charge in [0.2, 0.25) is 5.91 Å². The van der Waals surface area contributed by atoms with Crippen LogP contribution in [-0.4, -0.2) is 69.2 Å². The van der Waals surface area contributed by atoms with Crippen LogP contribution in [0.2, 0.25) is 0 Å². The van der Waals surface area contributed by atoms with Crippen molar-refractivity contribution in [1.29, 1.82) is 0 Å². The van der Waals surface area contributed by atoms with Crippen molar-refractivity contribution < 1.29 is 28.7 Å². The molecule has 2 aliphatic rings. The quantitative estimate of drug-likeness (QED) is 0.596. The van der Waals surface area contributed by atoms with Crippen LogP contribution in [0.5, 0.6) is 5.88 Å². The molecule has 0 radical (unpaired) electrons. The maximum Gasteiger partial charge on any atom is 0.407 e. The van der Waals surface area contributed by atoms with Crippen molar-refractivity contribution in [3.63, 3.8) is 0 Å². The number of carboxylic acid groups (broad SMARTS) is 1. The van der Waals surface area contributed by atoms with Gasteiger partial charge in [-0.3, -0.25) is 4.79 Å². The van der Waals surface area contributed by atoms with Gasteiger partial charge in [-0.1, -0.05) is 0 Å². The molecule has 32 heavy (non-hydrogen) atoms. The Hall–Kier alpha value is -3.60. The lowest BCUT2D eigenvalue weighted by molar-refractivity contribution is -0.117. The van der Waals surface area contributed by atoms with E-state index in [0.29, 0.717) is 36.2 Å². The third kappa shape index (κ3) is 4.11. The third-order valence-corrected chi connectivity index (χ3v) is 5.60. The average Bonchev–Trinajstić information content (AvgIpc) is 3.46. The van der Waals surface area contributed by atoms with Gasteiger partial charge in [-0.2, -0.15) is 5.10 Å². The Balaban J connectivity index is 1.32. The van der Waals surface area contributed by atoms with Crippen LogP contribution in [0.15, 0.2) is 28.9 Å². The highest BCUT2D eigenvalue weighted by atomic mass is 16.6. The molecule has 2 amide bonds. The van der Waals surface area contributed by atoms with Crippen LogP contribution < -0.4 is 10.1 Å². The smallest absolute Gasteiger partial charge is 0.407 e. The number of fused-ring (bicyclic) bond motifs is 1. The second-order valence-corrected chi connectivity index (χ2v) is 8.03. The minimum atomic E-state index is -0.974. The van der Waals surface area contributed by atoms with E-state index in [1.54, 1.807) is 17.6 Å². The normalized spacial score (nSPS) is 18.7. The topological polar surface area (TPSA) is 131 Å². The van der Waals surface area contributed by atoms with Crippen molar-refractivity contribution in [2.24, 2.45) is 5.92 Å². The number of carbonyl (C=O) groups excluding carboxylic acids is 1. The molecule has 1 aliphatic carbocycles. The molecular formula is C21H23N5O6. The second-order valence-electron chi connectivity index (χ2n) is 8.03. The van der Waals surface area contributed by atoms with Gasteiger partial charge in [0.05, 0.1) is 24.2 Å². The summed E-state index contributed by atoms with van der Waals surface area (Å²) in [6.45, 7) is 2.84. The number of pyridine rings is 1. The van der Waals surface area contributed by atoms with Crippen molar-refractivity contribution >= 4 is 23.3 Å². The van der Waals surface area contributed by atoms with E-state index in [4.69, 9.17) is 14.0 Å². The molecule has 3 aromatic heterocycles. The van der Waals surface area contributed by atoms with Crippen molar-refractivity contribution in [2.45, 2.75) is 25.9 Å². The number of aromatic nitrogens is 3. The Bertz CT molecular complexity index is 1170. The molecule has 1 atom stereocenters. The number of hydrogen-bond acceptors (Lipinski definition) is 7.